The molecule has 0 bridgehead atoms. The molecule has 0 atom stereocenters. The fourth-order valence-electron chi connectivity index (χ4n) is 2.04. The van der Waals surface area contributed by atoms with Gasteiger partial charge < -0.3 is 0 Å². The summed E-state index contributed by atoms with van der Waals surface area (Å²) in [5.41, 5.74) is 1.06. The van der Waals surface area contributed by atoms with E-state index in [0.717, 1.165) is 13.1 Å². The van der Waals surface area contributed by atoms with Crippen LogP contribution < -0.4 is 4.90 Å². The lowest BCUT2D eigenvalue weighted by molar-refractivity contribution is -0.114. The van der Waals surface area contributed by atoms with Gasteiger partial charge >= 0.3 is 5.91 Å². The number of Topliss-reactive ketones (excluding diaryl/α,β-unsaturated/α-hetero) is 1. The Morgan fingerprint density at radius 1 is 1.22 bits per heavy atom. The van der Waals surface area contributed by atoms with Crippen LogP contribution in [0.4, 0.5) is 5.69 Å². The lowest BCUT2D eigenvalue weighted by Crippen LogP contribution is -2.40. The highest BCUT2D eigenvalue weighted by Crippen LogP contribution is 2.31. The highest BCUT2D eigenvalue weighted by Gasteiger charge is 2.36. The number of carbonyl (C=O) groups excluding carboxylic acids is 2. The first-order chi connectivity index (χ1) is 8.58. The number of halogens is 1. The minimum absolute atomic E-state index is 0.402. The summed E-state index contributed by atoms with van der Waals surface area (Å²) in [5, 5.41) is 0.472. The lowest BCUT2D eigenvalue weighted by Gasteiger charge is -2.25. The van der Waals surface area contributed by atoms with E-state index in [4.69, 9.17) is 11.6 Å². The Bertz CT molecular complexity index is 498. The zero-order chi connectivity index (χ0) is 13.3. The zero-order valence-corrected chi connectivity index (χ0v) is 11.2. The van der Waals surface area contributed by atoms with Gasteiger partial charge in [-0.15, -0.1) is 0 Å². The topological polar surface area (TPSA) is 40.6 Å². The molecule has 1 aliphatic heterocycles. The number of amides is 1. The largest absolute Gasteiger partial charge is 0.300 e. The molecule has 4 nitrogen and oxygen atoms in total. The second-order valence-corrected chi connectivity index (χ2v) is 4.60. The second-order valence-electron chi connectivity index (χ2n) is 4.17. The van der Waals surface area contributed by atoms with Crippen molar-refractivity contribution in [3.05, 3.63) is 28.8 Å². The molecule has 18 heavy (non-hydrogen) atoms. The van der Waals surface area contributed by atoms with Crippen LogP contribution in [0.3, 0.4) is 0 Å². The van der Waals surface area contributed by atoms with Gasteiger partial charge in [-0.2, -0.15) is 0 Å². The van der Waals surface area contributed by atoms with Crippen molar-refractivity contribution in [3.8, 4) is 0 Å². The zero-order valence-electron chi connectivity index (χ0n) is 10.4. The smallest absolute Gasteiger partial charge is 0.291 e. The van der Waals surface area contributed by atoms with Crippen LogP contribution in [0.1, 0.15) is 24.2 Å². The first-order valence-corrected chi connectivity index (χ1v) is 6.34. The molecule has 1 amide bonds. The average Bonchev–Trinajstić information content (AvgIpc) is 2.60. The molecule has 0 unspecified atom stereocenters. The number of ketones is 1. The molecular weight excluding hydrogens is 252 g/mol. The van der Waals surface area contributed by atoms with Gasteiger partial charge in [0.05, 0.1) is 17.9 Å². The Labute approximate surface area is 111 Å². The molecule has 1 aromatic rings. The van der Waals surface area contributed by atoms with Gasteiger partial charge in [0.15, 0.2) is 0 Å². The summed E-state index contributed by atoms with van der Waals surface area (Å²) < 4.78 is 0. The van der Waals surface area contributed by atoms with Crippen LogP contribution in [0.15, 0.2) is 18.2 Å². The van der Waals surface area contributed by atoms with E-state index in [-0.39, 0.29) is 0 Å². The van der Waals surface area contributed by atoms with Gasteiger partial charge in [0.2, 0.25) is 0 Å². The molecule has 0 radical (unpaired) electrons. The quantitative estimate of drug-likeness (QED) is 0.784. The van der Waals surface area contributed by atoms with E-state index in [1.807, 2.05) is 13.8 Å². The minimum Gasteiger partial charge on any atom is -0.291 e. The van der Waals surface area contributed by atoms with E-state index in [2.05, 4.69) is 4.90 Å². The summed E-state index contributed by atoms with van der Waals surface area (Å²) in [6, 6.07) is 4.98. The highest BCUT2D eigenvalue weighted by atomic mass is 35.5. The number of benzene rings is 1. The van der Waals surface area contributed by atoms with Crippen molar-refractivity contribution in [1.29, 1.82) is 0 Å². The Balaban J connectivity index is 2.34. The Morgan fingerprint density at radius 2 is 1.89 bits per heavy atom. The normalized spacial score (nSPS) is 14.6. The van der Waals surface area contributed by atoms with Crippen LogP contribution >= 0.6 is 11.6 Å². The summed E-state index contributed by atoms with van der Waals surface area (Å²) in [6.07, 6.45) is 0. The van der Waals surface area contributed by atoms with E-state index < -0.39 is 11.7 Å². The van der Waals surface area contributed by atoms with Gasteiger partial charge in [0, 0.05) is 5.02 Å². The van der Waals surface area contributed by atoms with Crippen LogP contribution in [-0.4, -0.2) is 36.3 Å². The first kappa shape index (κ1) is 13.1. The fourth-order valence-corrected chi connectivity index (χ4v) is 2.21. The SMILES string of the molecule is CCN(CC)CN1C(=O)C(=O)c2cc(Cl)ccc21. The number of rotatable bonds is 4. The predicted octanol–water partition coefficient (Wildman–Crippen LogP) is 2.17. The van der Waals surface area contributed by atoms with Crippen molar-refractivity contribution in [2.45, 2.75) is 13.8 Å². The summed E-state index contributed by atoms with van der Waals surface area (Å²) in [5.74, 6) is -0.946. The number of anilines is 1. The number of nitrogens with zero attached hydrogens (tertiary/aromatic N) is 2. The molecule has 0 aromatic heterocycles. The molecule has 1 aliphatic rings. The standard InChI is InChI=1S/C13H15ClN2O2/c1-3-15(4-2)8-16-11-6-5-9(14)7-10(11)12(17)13(16)18/h5-7H,3-4,8H2,1-2H3. The van der Waals surface area contributed by atoms with E-state index in [1.54, 1.807) is 18.2 Å². The average molecular weight is 267 g/mol. The van der Waals surface area contributed by atoms with Gasteiger partial charge in [0.1, 0.15) is 0 Å². The Morgan fingerprint density at radius 3 is 2.50 bits per heavy atom. The van der Waals surface area contributed by atoms with Crippen LogP contribution in [0, 0.1) is 0 Å². The maximum absolute atomic E-state index is 11.9. The number of hydrogen-bond acceptors (Lipinski definition) is 3. The van der Waals surface area contributed by atoms with Crippen LogP contribution in [0.5, 0.6) is 0 Å². The molecule has 0 fully saturated rings. The molecule has 0 aliphatic carbocycles. The maximum atomic E-state index is 11.9. The lowest BCUT2D eigenvalue weighted by atomic mass is 10.1. The molecule has 5 heteroatoms. The number of carbonyl (C=O) groups is 2. The molecule has 1 aromatic carbocycles. The van der Waals surface area contributed by atoms with E-state index >= 15 is 0 Å². The third-order valence-corrected chi connectivity index (χ3v) is 3.40. The second kappa shape index (κ2) is 5.08. The van der Waals surface area contributed by atoms with Gasteiger partial charge in [0.25, 0.3) is 5.78 Å². The molecule has 1 heterocycles. The third-order valence-electron chi connectivity index (χ3n) is 3.17. The molecule has 0 N–H and O–H groups in total. The highest BCUT2D eigenvalue weighted by molar-refractivity contribution is 6.52. The molecule has 0 spiro atoms. The van der Waals surface area contributed by atoms with Crippen molar-refractivity contribution in [2.75, 3.05) is 24.7 Å². The minimum atomic E-state index is -0.473. The fraction of sp³-hybridized carbons (Fsp3) is 0.385. The van der Waals surface area contributed by atoms with Gasteiger partial charge in [-0.25, -0.2) is 0 Å². The Hall–Kier alpha value is -1.39. The van der Waals surface area contributed by atoms with Crippen molar-refractivity contribution in [3.63, 3.8) is 0 Å². The number of hydrogen-bond donors (Lipinski definition) is 0. The molecule has 0 saturated carbocycles. The molecule has 0 saturated heterocycles. The van der Waals surface area contributed by atoms with Gasteiger partial charge in [-0.3, -0.25) is 19.4 Å². The van der Waals surface area contributed by atoms with E-state index in [1.165, 1.54) is 4.90 Å². The predicted molar refractivity (Wildman–Crippen MR) is 71.1 cm³/mol. The molecular formula is C13H15ClN2O2. The monoisotopic (exact) mass is 266 g/mol. The third kappa shape index (κ3) is 2.13. The van der Waals surface area contributed by atoms with Crippen LogP contribution in [0.25, 0.3) is 0 Å². The van der Waals surface area contributed by atoms with Gasteiger partial charge in [-0.05, 0) is 31.3 Å². The van der Waals surface area contributed by atoms with Crippen LogP contribution in [-0.2, 0) is 4.79 Å². The van der Waals surface area contributed by atoms with Crippen LogP contribution in [0.2, 0.25) is 5.02 Å². The van der Waals surface area contributed by atoms with Crippen molar-refractivity contribution in [2.24, 2.45) is 0 Å². The summed E-state index contributed by atoms with van der Waals surface area (Å²) in [4.78, 5) is 27.4. The van der Waals surface area contributed by atoms with E-state index in [0.29, 0.717) is 22.9 Å². The molecule has 2 rings (SSSR count). The Kier molecular flexibility index (Phi) is 3.68. The van der Waals surface area contributed by atoms with Gasteiger partial charge in [-0.1, -0.05) is 25.4 Å². The van der Waals surface area contributed by atoms with E-state index in [9.17, 15) is 9.59 Å². The van der Waals surface area contributed by atoms with Crippen molar-refractivity contribution < 1.29 is 9.59 Å². The van der Waals surface area contributed by atoms with Crippen molar-refractivity contribution >= 4 is 29.0 Å². The summed E-state index contributed by atoms with van der Waals surface area (Å²) in [6.45, 7) is 6.14. The maximum Gasteiger partial charge on any atom is 0.300 e. The first-order valence-electron chi connectivity index (χ1n) is 5.96. The number of fused-ring (bicyclic) bond motifs is 1. The summed E-state index contributed by atoms with van der Waals surface area (Å²) >= 11 is 5.85. The molecule has 96 valence electrons. The summed E-state index contributed by atoms with van der Waals surface area (Å²) in [7, 11) is 0. The van der Waals surface area contributed by atoms with Crippen molar-refractivity contribution in [1.82, 2.24) is 4.90 Å².